The molecule has 2 aliphatic rings. The van der Waals surface area contributed by atoms with E-state index in [4.69, 9.17) is 9.47 Å². The highest BCUT2D eigenvalue weighted by Gasteiger charge is 2.25. The van der Waals surface area contributed by atoms with E-state index < -0.39 is 0 Å². The van der Waals surface area contributed by atoms with Crippen LogP contribution in [-0.4, -0.2) is 44.4 Å². The molecule has 0 amide bonds. The topological polar surface area (TPSA) is 21.7 Å². The van der Waals surface area contributed by atoms with Gasteiger partial charge in [0, 0.05) is 37.3 Å². The van der Waals surface area contributed by atoms with Gasteiger partial charge in [-0.05, 0) is 36.5 Å². The van der Waals surface area contributed by atoms with Crippen molar-refractivity contribution in [2.45, 2.75) is 18.9 Å². The van der Waals surface area contributed by atoms with Crippen molar-refractivity contribution in [2.75, 3.05) is 39.5 Å². The molecule has 2 saturated heterocycles. The lowest BCUT2D eigenvalue weighted by Crippen LogP contribution is -2.41. The summed E-state index contributed by atoms with van der Waals surface area (Å²) in [6.07, 6.45) is 2.62. The Kier molecular flexibility index (Phi) is 5.10. The second-order valence-corrected chi connectivity index (χ2v) is 6.65. The predicted octanol–water partition coefficient (Wildman–Crippen LogP) is 3.25. The normalized spacial score (nSPS) is 25.8. The summed E-state index contributed by atoms with van der Waals surface area (Å²) in [5.74, 6) is 0.796. The minimum Gasteiger partial charge on any atom is -0.381 e. The van der Waals surface area contributed by atoms with Crippen molar-refractivity contribution in [3.05, 3.63) is 34.3 Å². The Morgan fingerprint density at radius 3 is 2.85 bits per heavy atom. The minimum absolute atomic E-state index is 0.209. The monoisotopic (exact) mass is 339 g/mol. The molecule has 0 aliphatic carbocycles. The van der Waals surface area contributed by atoms with E-state index in [1.165, 1.54) is 24.9 Å². The van der Waals surface area contributed by atoms with Crippen LogP contribution in [0.5, 0.6) is 0 Å². The zero-order valence-electron chi connectivity index (χ0n) is 11.8. The molecule has 2 heterocycles. The van der Waals surface area contributed by atoms with Crippen molar-refractivity contribution in [2.24, 2.45) is 5.92 Å². The molecule has 0 N–H and O–H groups in total. The van der Waals surface area contributed by atoms with E-state index in [1.54, 1.807) is 0 Å². The molecule has 2 fully saturated rings. The smallest absolute Gasteiger partial charge is 0.0952 e. The highest BCUT2D eigenvalue weighted by atomic mass is 79.9. The number of hydrogen-bond donors (Lipinski definition) is 0. The second kappa shape index (κ2) is 7.03. The molecule has 0 radical (unpaired) electrons. The van der Waals surface area contributed by atoms with Gasteiger partial charge in [0.05, 0.1) is 12.7 Å². The first kappa shape index (κ1) is 14.5. The lowest BCUT2D eigenvalue weighted by atomic mass is 9.99. The zero-order chi connectivity index (χ0) is 13.8. The van der Waals surface area contributed by atoms with Crippen LogP contribution < -0.4 is 0 Å². The molecule has 0 saturated carbocycles. The predicted molar refractivity (Wildman–Crippen MR) is 82.8 cm³/mol. The van der Waals surface area contributed by atoms with Gasteiger partial charge >= 0.3 is 0 Å². The fourth-order valence-corrected chi connectivity index (χ4v) is 3.49. The summed E-state index contributed by atoms with van der Waals surface area (Å²) in [4.78, 5) is 2.56. The summed E-state index contributed by atoms with van der Waals surface area (Å²) in [5.41, 5.74) is 1.27. The van der Waals surface area contributed by atoms with Gasteiger partial charge in [-0.1, -0.05) is 28.1 Å². The van der Waals surface area contributed by atoms with Gasteiger partial charge in [0.25, 0.3) is 0 Å². The number of ether oxygens (including phenoxy) is 2. The van der Waals surface area contributed by atoms with Crippen LogP contribution in [0.2, 0.25) is 0 Å². The minimum atomic E-state index is 0.209. The number of morpholine rings is 1. The molecule has 0 unspecified atom stereocenters. The Balaban J connectivity index is 1.58. The Bertz CT molecular complexity index is 434. The van der Waals surface area contributed by atoms with E-state index in [1.807, 2.05) is 0 Å². The molecule has 0 spiro atoms. The maximum Gasteiger partial charge on any atom is 0.0952 e. The van der Waals surface area contributed by atoms with Crippen molar-refractivity contribution >= 4 is 15.9 Å². The Hall–Kier alpha value is -0.420. The maximum absolute atomic E-state index is 5.95. The van der Waals surface area contributed by atoms with Gasteiger partial charge in [-0.2, -0.15) is 0 Å². The SMILES string of the molecule is Brc1cccc([C@H]2CN(CC3CCOCC3)CCO2)c1. The first-order chi connectivity index (χ1) is 9.81. The third-order valence-corrected chi connectivity index (χ3v) is 4.72. The van der Waals surface area contributed by atoms with Crippen LogP contribution in [0.3, 0.4) is 0 Å². The average molecular weight is 340 g/mol. The Morgan fingerprint density at radius 1 is 1.20 bits per heavy atom. The van der Waals surface area contributed by atoms with Gasteiger partial charge in [0.15, 0.2) is 0 Å². The van der Waals surface area contributed by atoms with E-state index in [0.717, 1.165) is 43.3 Å². The largest absolute Gasteiger partial charge is 0.381 e. The summed E-state index contributed by atoms with van der Waals surface area (Å²) in [6, 6.07) is 8.47. The Labute approximate surface area is 129 Å². The molecule has 3 nitrogen and oxygen atoms in total. The van der Waals surface area contributed by atoms with E-state index >= 15 is 0 Å². The molecule has 1 aromatic carbocycles. The third kappa shape index (κ3) is 3.82. The number of nitrogens with zero attached hydrogens (tertiary/aromatic N) is 1. The van der Waals surface area contributed by atoms with Crippen molar-refractivity contribution in [1.29, 1.82) is 0 Å². The molecule has 110 valence electrons. The number of rotatable bonds is 3. The van der Waals surface area contributed by atoms with Crippen LogP contribution >= 0.6 is 15.9 Å². The van der Waals surface area contributed by atoms with Crippen LogP contribution in [0, 0.1) is 5.92 Å². The molecule has 3 rings (SSSR count). The molecule has 0 bridgehead atoms. The summed E-state index contributed by atoms with van der Waals surface area (Å²) < 4.78 is 12.5. The summed E-state index contributed by atoms with van der Waals surface area (Å²) in [5, 5.41) is 0. The molecule has 20 heavy (non-hydrogen) atoms. The molecule has 1 atom stereocenters. The van der Waals surface area contributed by atoms with Gasteiger partial charge in [0.2, 0.25) is 0 Å². The van der Waals surface area contributed by atoms with E-state index in [2.05, 4.69) is 45.1 Å². The molecule has 4 heteroatoms. The average Bonchev–Trinajstić information content (AvgIpc) is 2.49. The van der Waals surface area contributed by atoms with Gasteiger partial charge in [0.1, 0.15) is 0 Å². The highest BCUT2D eigenvalue weighted by molar-refractivity contribution is 9.10. The van der Waals surface area contributed by atoms with Gasteiger partial charge in [-0.3, -0.25) is 4.90 Å². The first-order valence-corrected chi connectivity index (χ1v) is 8.28. The zero-order valence-corrected chi connectivity index (χ0v) is 13.3. The fraction of sp³-hybridized carbons (Fsp3) is 0.625. The van der Waals surface area contributed by atoms with Crippen molar-refractivity contribution < 1.29 is 9.47 Å². The van der Waals surface area contributed by atoms with Crippen LogP contribution in [0.25, 0.3) is 0 Å². The van der Waals surface area contributed by atoms with Gasteiger partial charge < -0.3 is 9.47 Å². The molecule has 2 aliphatic heterocycles. The highest BCUT2D eigenvalue weighted by Crippen LogP contribution is 2.26. The molecular weight excluding hydrogens is 318 g/mol. The fourth-order valence-electron chi connectivity index (χ4n) is 3.07. The molecule has 1 aromatic rings. The number of halogens is 1. The van der Waals surface area contributed by atoms with Crippen LogP contribution in [0.4, 0.5) is 0 Å². The van der Waals surface area contributed by atoms with E-state index in [0.29, 0.717) is 0 Å². The lowest BCUT2D eigenvalue weighted by molar-refractivity contribution is -0.0411. The van der Waals surface area contributed by atoms with Crippen LogP contribution in [0.15, 0.2) is 28.7 Å². The summed E-state index contributed by atoms with van der Waals surface area (Å²) in [6.45, 7) is 5.96. The first-order valence-electron chi connectivity index (χ1n) is 7.48. The number of benzene rings is 1. The summed E-state index contributed by atoms with van der Waals surface area (Å²) in [7, 11) is 0. The van der Waals surface area contributed by atoms with Gasteiger partial charge in [-0.25, -0.2) is 0 Å². The van der Waals surface area contributed by atoms with Crippen LogP contribution in [0.1, 0.15) is 24.5 Å². The maximum atomic E-state index is 5.95. The van der Waals surface area contributed by atoms with Crippen molar-refractivity contribution in [1.82, 2.24) is 4.90 Å². The van der Waals surface area contributed by atoms with Crippen molar-refractivity contribution in [3.8, 4) is 0 Å². The third-order valence-electron chi connectivity index (χ3n) is 4.23. The lowest BCUT2D eigenvalue weighted by Gasteiger charge is -2.36. The van der Waals surface area contributed by atoms with Crippen molar-refractivity contribution in [3.63, 3.8) is 0 Å². The molecule has 0 aromatic heterocycles. The van der Waals surface area contributed by atoms with Crippen LogP contribution in [-0.2, 0) is 9.47 Å². The van der Waals surface area contributed by atoms with Gasteiger partial charge in [-0.15, -0.1) is 0 Å². The van der Waals surface area contributed by atoms with E-state index in [9.17, 15) is 0 Å². The molecular formula is C16H22BrNO2. The quantitative estimate of drug-likeness (QED) is 0.843. The standard InChI is InChI=1S/C16H22BrNO2/c17-15-3-1-2-14(10-15)16-12-18(6-9-20-16)11-13-4-7-19-8-5-13/h1-3,10,13,16H,4-9,11-12H2/t16-/m1/s1. The number of hydrogen-bond acceptors (Lipinski definition) is 3. The second-order valence-electron chi connectivity index (χ2n) is 5.73. The summed E-state index contributed by atoms with van der Waals surface area (Å²) >= 11 is 3.54. The van der Waals surface area contributed by atoms with E-state index in [-0.39, 0.29) is 6.10 Å². The Morgan fingerprint density at radius 2 is 2.05 bits per heavy atom.